The topological polar surface area (TPSA) is 91.5 Å². The molecule has 208 valence electrons. The molecular weight excluding hydrogens is 502 g/mol. The predicted octanol–water partition coefficient (Wildman–Crippen LogP) is 4.43. The Kier molecular flexibility index (Phi) is 8.15. The molecule has 0 N–H and O–H groups in total. The van der Waals surface area contributed by atoms with E-state index in [9.17, 15) is 14.9 Å². The first-order valence-electron chi connectivity index (χ1n) is 14.1. The van der Waals surface area contributed by atoms with Gasteiger partial charge in [0.15, 0.2) is 0 Å². The van der Waals surface area contributed by atoms with Gasteiger partial charge in [-0.3, -0.25) is 19.5 Å². The molecular formula is C32H37N5O3. The van der Waals surface area contributed by atoms with Gasteiger partial charge in [-0.1, -0.05) is 30.9 Å². The number of likely N-dealkylation sites (tertiary alicyclic amines) is 1. The van der Waals surface area contributed by atoms with Crippen molar-refractivity contribution in [3.63, 3.8) is 0 Å². The van der Waals surface area contributed by atoms with Crippen LogP contribution in [0.3, 0.4) is 0 Å². The van der Waals surface area contributed by atoms with Crippen molar-refractivity contribution in [1.82, 2.24) is 19.4 Å². The molecule has 2 aromatic rings. The number of carbonyl (C=O) groups excluding carboxylic acids is 1. The molecule has 8 nitrogen and oxygen atoms in total. The van der Waals surface area contributed by atoms with Crippen molar-refractivity contribution < 1.29 is 9.53 Å². The molecule has 2 fully saturated rings. The van der Waals surface area contributed by atoms with Crippen LogP contribution in [0.2, 0.25) is 0 Å². The van der Waals surface area contributed by atoms with Crippen molar-refractivity contribution in [2.75, 3.05) is 26.3 Å². The average molecular weight is 540 g/mol. The van der Waals surface area contributed by atoms with E-state index in [0.29, 0.717) is 70.8 Å². The van der Waals surface area contributed by atoms with Gasteiger partial charge < -0.3 is 14.2 Å². The second-order valence-electron chi connectivity index (χ2n) is 11.1. The Morgan fingerprint density at radius 3 is 2.67 bits per heavy atom. The van der Waals surface area contributed by atoms with Crippen LogP contribution in [0.25, 0.3) is 5.57 Å². The van der Waals surface area contributed by atoms with E-state index in [0.717, 1.165) is 22.5 Å². The van der Waals surface area contributed by atoms with Crippen molar-refractivity contribution in [2.24, 2.45) is 0 Å². The zero-order valence-electron chi connectivity index (χ0n) is 23.4. The zero-order valence-corrected chi connectivity index (χ0v) is 23.4. The summed E-state index contributed by atoms with van der Waals surface area (Å²) < 4.78 is 7.25. The van der Waals surface area contributed by atoms with Gasteiger partial charge in [-0.25, -0.2) is 0 Å². The van der Waals surface area contributed by atoms with Crippen molar-refractivity contribution in [3.05, 3.63) is 93.8 Å². The summed E-state index contributed by atoms with van der Waals surface area (Å²) in [7, 11) is 0. The molecule has 0 bridgehead atoms. The third-order valence-electron chi connectivity index (χ3n) is 8.40. The Balaban J connectivity index is 1.48. The quantitative estimate of drug-likeness (QED) is 0.540. The summed E-state index contributed by atoms with van der Waals surface area (Å²) in [5.41, 5.74) is 3.53. The van der Waals surface area contributed by atoms with Gasteiger partial charge in [0.05, 0.1) is 17.5 Å². The van der Waals surface area contributed by atoms with Crippen LogP contribution in [-0.4, -0.2) is 57.6 Å². The van der Waals surface area contributed by atoms with Crippen LogP contribution >= 0.6 is 0 Å². The van der Waals surface area contributed by atoms with E-state index in [1.54, 1.807) is 21.7 Å². The maximum atomic E-state index is 14.0. The third-order valence-corrected chi connectivity index (χ3v) is 8.40. The van der Waals surface area contributed by atoms with Gasteiger partial charge in [-0.15, -0.1) is 0 Å². The van der Waals surface area contributed by atoms with Crippen LogP contribution in [0.1, 0.15) is 66.8 Å². The third kappa shape index (κ3) is 5.32. The molecule has 2 saturated heterocycles. The summed E-state index contributed by atoms with van der Waals surface area (Å²) in [6, 6.07) is 10.1. The van der Waals surface area contributed by atoms with E-state index >= 15 is 0 Å². The molecule has 0 aliphatic carbocycles. The first-order chi connectivity index (χ1) is 19.3. The number of nitrogens with zero attached hydrogens (tertiary/aromatic N) is 5. The number of hydrogen-bond acceptors (Lipinski definition) is 6. The van der Waals surface area contributed by atoms with Gasteiger partial charge in [0.25, 0.3) is 11.5 Å². The molecule has 3 aliphatic rings. The van der Waals surface area contributed by atoms with E-state index in [-0.39, 0.29) is 23.1 Å². The second kappa shape index (κ2) is 11.7. The number of carbonyl (C=O) groups is 1. The number of allylic oxidation sites excluding steroid dienone is 5. The molecule has 0 unspecified atom stereocenters. The highest BCUT2D eigenvalue weighted by atomic mass is 16.5. The van der Waals surface area contributed by atoms with Crippen LogP contribution in [-0.2, 0) is 23.2 Å². The van der Waals surface area contributed by atoms with Gasteiger partial charge in [-0.05, 0) is 68.9 Å². The minimum absolute atomic E-state index is 0.0419. The van der Waals surface area contributed by atoms with Crippen molar-refractivity contribution in [3.8, 4) is 6.07 Å². The summed E-state index contributed by atoms with van der Waals surface area (Å²) in [6.45, 7) is 11.5. The number of aromatic nitrogens is 2. The standard InChI is InChI=1S/C32H37N5O3/c1-23(2)37(26-10-18-40-19-11-26)31(39)27-20-25(29-24(3)8-5-7-15-36(29)30(27)38)21-35-16-12-32(22-33,13-17-35)28-9-4-6-14-34-28/h4-9,14,20,26H,1,10-13,15-19,21H2,2-3H3. The molecule has 3 aliphatic heterocycles. The van der Waals surface area contributed by atoms with Crippen LogP contribution in [0, 0.1) is 11.3 Å². The molecule has 0 spiro atoms. The monoisotopic (exact) mass is 539 g/mol. The highest BCUT2D eigenvalue weighted by Gasteiger charge is 2.38. The average Bonchev–Trinajstić information content (AvgIpc) is 3.18. The smallest absolute Gasteiger partial charge is 0.264 e. The highest BCUT2D eigenvalue weighted by Crippen LogP contribution is 2.35. The molecule has 40 heavy (non-hydrogen) atoms. The molecule has 1 amide bonds. The molecule has 0 aromatic carbocycles. The minimum Gasteiger partial charge on any atom is -0.381 e. The maximum Gasteiger partial charge on any atom is 0.264 e. The first kappa shape index (κ1) is 27.8. The number of ether oxygens (including phenoxy) is 1. The lowest BCUT2D eigenvalue weighted by Crippen LogP contribution is -2.45. The van der Waals surface area contributed by atoms with Crippen LogP contribution in [0.15, 0.2) is 65.8 Å². The molecule has 8 heteroatoms. The fourth-order valence-corrected chi connectivity index (χ4v) is 6.23. The van der Waals surface area contributed by atoms with Gasteiger partial charge >= 0.3 is 0 Å². The Morgan fingerprint density at radius 1 is 1.27 bits per heavy atom. The summed E-state index contributed by atoms with van der Waals surface area (Å²) in [6.07, 6.45) is 10.4. The Bertz CT molecular complexity index is 1440. The molecule has 0 saturated carbocycles. The lowest BCUT2D eigenvalue weighted by molar-refractivity contribution is 0.0383. The normalized spacial score (nSPS) is 19.2. The number of hydrogen-bond donors (Lipinski definition) is 0. The molecule has 2 aromatic heterocycles. The number of pyridine rings is 2. The van der Waals surface area contributed by atoms with Crippen molar-refractivity contribution >= 4 is 11.5 Å². The number of amides is 1. The van der Waals surface area contributed by atoms with E-state index in [2.05, 4.69) is 22.5 Å². The van der Waals surface area contributed by atoms with E-state index in [4.69, 9.17) is 4.74 Å². The fourth-order valence-electron chi connectivity index (χ4n) is 6.23. The Morgan fingerprint density at radius 2 is 2.02 bits per heavy atom. The van der Waals surface area contributed by atoms with Gasteiger partial charge in [0.2, 0.25) is 0 Å². The summed E-state index contributed by atoms with van der Waals surface area (Å²) in [5, 5.41) is 10.1. The largest absolute Gasteiger partial charge is 0.381 e. The molecule has 5 heterocycles. The van der Waals surface area contributed by atoms with Crippen LogP contribution in [0.5, 0.6) is 0 Å². The Labute approximate surface area is 235 Å². The van der Waals surface area contributed by atoms with Crippen molar-refractivity contribution in [2.45, 2.75) is 64.1 Å². The summed E-state index contributed by atoms with van der Waals surface area (Å²) >= 11 is 0. The van der Waals surface area contributed by atoms with Crippen LogP contribution in [0.4, 0.5) is 0 Å². The lowest BCUT2D eigenvalue weighted by Gasteiger charge is -2.37. The fraction of sp³-hybridized carbons (Fsp3) is 0.438. The van der Waals surface area contributed by atoms with Crippen LogP contribution < -0.4 is 5.56 Å². The Hall–Kier alpha value is -3.80. The number of piperidine rings is 1. The molecule has 0 atom stereocenters. The predicted molar refractivity (Wildman–Crippen MR) is 154 cm³/mol. The van der Waals surface area contributed by atoms with Gasteiger partial charge in [-0.2, -0.15) is 5.26 Å². The minimum atomic E-state index is -0.602. The first-order valence-corrected chi connectivity index (χ1v) is 14.1. The summed E-state index contributed by atoms with van der Waals surface area (Å²) in [4.78, 5) is 36.3. The van der Waals surface area contributed by atoms with E-state index in [1.165, 1.54) is 0 Å². The zero-order chi connectivity index (χ0) is 28.3. The maximum absolute atomic E-state index is 14.0. The number of fused-ring (bicyclic) bond motifs is 1. The van der Waals surface area contributed by atoms with E-state index < -0.39 is 5.41 Å². The molecule has 0 radical (unpaired) electrons. The molecule has 5 rings (SSSR count). The highest BCUT2D eigenvalue weighted by molar-refractivity contribution is 5.95. The lowest BCUT2D eigenvalue weighted by atomic mass is 9.76. The summed E-state index contributed by atoms with van der Waals surface area (Å²) in [5.74, 6) is -0.298. The number of nitriles is 1. The van der Waals surface area contributed by atoms with Gasteiger partial charge in [0, 0.05) is 57.3 Å². The second-order valence-corrected chi connectivity index (χ2v) is 11.1. The van der Waals surface area contributed by atoms with Crippen molar-refractivity contribution in [1.29, 1.82) is 5.26 Å². The number of rotatable bonds is 6. The van der Waals surface area contributed by atoms with Gasteiger partial charge in [0.1, 0.15) is 11.0 Å². The van der Waals surface area contributed by atoms with E-state index in [1.807, 2.05) is 50.3 Å². The SMILES string of the molecule is C=C(C)N(C(=O)c1cc(CN2CCC(C#N)(c3ccccn3)CC2)c2n(c1=O)CC=CC=C2C)C1CCOCC1.